The first-order valence-electron chi connectivity index (χ1n) is 6.74. The molecule has 0 aliphatic carbocycles. The lowest BCUT2D eigenvalue weighted by Crippen LogP contribution is -2.33. The highest BCUT2D eigenvalue weighted by molar-refractivity contribution is 7.09. The molecule has 0 saturated carbocycles. The van der Waals surface area contributed by atoms with Gasteiger partial charge in [-0.25, -0.2) is 13.8 Å². The van der Waals surface area contributed by atoms with Gasteiger partial charge < -0.3 is 5.32 Å². The third-order valence-electron chi connectivity index (χ3n) is 2.99. The van der Waals surface area contributed by atoms with Crippen molar-refractivity contribution in [1.82, 2.24) is 10.3 Å². The van der Waals surface area contributed by atoms with E-state index in [0.717, 1.165) is 30.5 Å². The zero-order chi connectivity index (χ0) is 14.4. The molecule has 1 aromatic carbocycles. The molecule has 2 aromatic rings. The maximum absolute atomic E-state index is 13.2. The molecule has 2 nitrogen and oxygen atoms in total. The molecule has 0 bridgehead atoms. The lowest BCUT2D eigenvalue weighted by Gasteiger charge is -2.17. The smallest absolute Gasteiger partial charge is 0.126 e. The third kappa shape index (κ3) is 4.65. The number of halogens is 2. The number of rotatable bonds is 7. The summed E-state index contributed by atoms with van der Waals surface area (Å²) in [6.07, 6.45) is 4.16. The number of hydrogen-bond donors (Lipinski definition) is 1. The van der Waals surface area contributed by atoms with Crippen molar-refractivity contribution in [3.05, 3.63) is 52.0 Å². The van der Waals surface area contributed by atoms with Gasteiger partial charge in [0.25, 0.3) is 0 Å². The molecule has 2 rings (SSSR count). The van der Waals surface area contributed by atoms with Crippen LogP contribution in [0.15, 0.2) is 29.8 Å². The second kappa shape index (κ2) is 7.45. The molecular formula is C15H18F2N2S. The summed E-state index contributed by atoms with van der Waals surface area (Å²) in [6, 6.07) is 3.83. The molecule has 5 heteroatoms. The van der Waals surface area contributed by atoms with Crippen molar-refractivity contribution >= 4 is 11.3 Å². The fourth-order valence-corrected chi connectivity index (χ4v) is 2.84. The summed E-state index contributed by atoms with van der Waals surface area (Å²) in [5.74, 6) is -1.05. The number of nitrogens with zero attached hydrogens (tertiary/aromatic N) is 1. The van der Waals surface area contributed by atoms with Crippen LogP contribution < -0.4 is 5.32 Å². The van der Waals surface area contributed by atoms with Crippen molar-refractivity contribution in [2.75, 3.05) is 6.54 Å². The van der Waals surface area contributed by atoms with Crippen molar-refractivity contribution in [2.45, 2.75) is 32.2 Å². The maximum Gasteiger partial charge on any atom is 0.126 e. The molecule has 0 fully saturated rings. The van der Waals surface area contributed by atoms with E-state index in [4.69, 9.17) is 0 Å². The number of thiazole rings is 1. The van der Waals surface area contributed by atoms with E-state index in [-0.39, 0.29) is 6.04 Å². The van der Waals surface area contributed by atoms with E-state index in [2.05, 4.69) is 17.2 Å². The first-order chi connectivity index (χ1) is 9.67. The SMILES string of the molecule is CCCNC(Cc1cc(F)cc(F)c1)Cc1nccs1. The van der Waals surface area contributed by atoms with E-state index in [1.165, 1.54) is 12.1 Å². The van der Waals surface area contributed by atoms with Gasteiger partial charge in [-0.2, -0.15) is 0 Å². The Morgan fingerprint density at radius 3 is 2.55 bits per heavy atom. The van der Waals surface area contributed by atoms with Crippen LogP contribution in [0.25, 0.3) is 0 Å². The standard InChI is InChI=1S/C15H18F2N2S/c1-2-3-18-14(10-15-19-4-5-20-15)8-11-6-12(16)9-13(17)7-11/h4-7,9,14,18H,2-3,8,10H2,1H3. The van der Waals surface area contributed by atoms with E-state index in [9.17, 15) is 8.78 Å². The topological polar surface area (TPSA) is 24.9 Å². The molecule has 1 unspecified atom stereocenters. The predicted octanol–water partition coefficient (Wildman–Crippen LogP) is 3.57. The monoisotopic (exact) mass is 296 g/mol. The minimum absolute atomic E-state index is 0.141. The minimum atomic E-state index is -0.525. The largest absolute Gasteiger partial charge is 0.313 e. The van der Waals surface area contributed by atoms with E-state index in [1.54, 1.807) is 17.5 Å². The molecule has 1 aromatic heterocycles. The summed E-state index contributed by atoms with van der Waals surface area (Å²) in [7, 11) is 0. The molecule has 1 atom stereocenters. The lowest BCUT2D eigenvalue weighted by atomic mass is 10.0. The molecular weight excluding hydrogens is 278 g/mol. The normalized spacial score (nSPS) is 12.6. The molecule has 1 N–H and O–H groups in total. The average Bonchev–Trinajstić information content (AvgIpc) is 2.87. The lowest BCUT2D eigenvalue weighted by molar-refractivity contribution is 0.500. The Morgan fingerprint density at radius 1 is 1.20 bits per heavy atom. The Kier molecular flexibility index (Phi) is 5.61. The highest BCUT2D eigenvalue weighted by atomic mass is 32.1. The van der Waals surface area contributed by atoms with E-state index >= 15 is 0 Å². The van der Waals surface area contributed by atoms with Crippen LogP contribution in [0.3, 0.4) is 0 Å². The van der Waals surface area contributed by atoms with Crippen molar-refractivity contribution in [3.63, 3.8) is 0 Å². The third-order valence-corrected chi connectivity index (χ3v) is 3.79. The fourth-order valence-electron chi connectivity index (χ4n) is 2.14. The first-order valence-corrected chi connectivity index (χ1v) is 7.62. The van der Waals surface area contributed by atoms with Gasteiger partial charge in [0.2, 0.25) is 0 Å². The first kappa shape index (κ1) is 15.1. The van der Waals surface area contributed by atoms with Crippen LogP contribution in [0, 0.1) is 11.6 Å². The van der Waals surface area contributed by atoms with Gasteiger partial charge in [0, 0.05) is 30.1 Å². The molecule has 0 spiro atoms. The molecule has 0 aliphatic heterocycles. The Hall–Kier alpha value is -1.33. The van der Waals surface area contributed by atoms with Crippen molar-refractivity contribution in [3.8, 4) is 0 Å². The van der Waals surface area contributed by atoms with Gasteiger partial charge >= 0.3 is 0 Å². The molecule has 1 heterocycles. The molecule has 0 saturated heterocycles. The number of benzene rings is 1. The number of aromatic nitrogens is 1. The Balaban J connectivity index is 2.05. The van der Waals surface area contributed by atoms with Crippen LogP contribution in [0.5, 0.6) is 0 Å². The molecule has 0 radical (unpaired) electrons. The van der Waals surface area contributed by atoms with Crippen LogP contribution in [0.4, 0.5) is 8.78 Å². The van der Waals surface area contributed by atoms with Gasteiger partial charge in [0.15, 0.2) is 0 Å². The molecule has 20 heavy (non-hydrogen) atoms. The summed E-state index contributed by atoms with van der Waals surface area (Å²) in [5, 5.41) is 6.39. The number of nitrogens with one attached hydrogen (secondary N) is 1. The molecule has 0 aliphatic rings. The predicted molar refractivity (Wildman–Crippen MR) is 78.0 cm³/mol. The maximum atomic E-state index is 13.2. The summed E-state index contributed by atoms with van der Waals surface area (Å²) in [4.78, 5) is 4.27. The summed E-state index contributed by atoms with van der Waals surface area (Å²) in [6.45, 7) is 2.98. The minimum Gasteiger partial charge on any atom is -0.313 e. The van der Waals surface area contributed by atoms with Crippen molar-refractivity contribution in [2.24, 2.45) is 0 Å². The van der Waals surface area contributed by atoms with Crippen molar-refractivity contribution < 1.29 is 8.78 Å². The van der Waals surface area contributed by atoms with Gasteiger partial charge in [0.05, 0.1) is 5.01 Å². The van der Waals surface area contributed by atoms with E-state index < -0.39 is 11.6 Å². The van der Waals surface area contributed by atoms with Crippen LogP contribution in [-0.2, 0) is 12.8 Å². The summed E-state index contributed by atoms with van der Waals surface area (Å²) >= 11 is 1.60. The van der Waals surface area contributed by atoms with Gasteiger partial charge in [-0.15, -0.1) is 11.3 Å². The van der Waals surface area contributed by atoms with E-state index in [0.29, 0.717) is 12.0 Å². The number of hydrogen-bond acceptors (Lipinski definition) is 3. The van der Waals surface area contributed by atoms with E-state index in [1.807, 2.05) is 5.38 Å². The van der Waals surface area contributed by atoms with Gasteiger partial charge in [0.1, 0.15) is 11.6 Å². The quantitative estimate of drug-likeness (QED) is 0.845. The van der Waals surface area contributed by atoms with Crippen LogP contribution >= 0.6 is 11.3 Å². The Labute approximate surface area is 121 Å². The second-order valence-corrected chi connectivity index (χ2v) is 5.74. The average molecular weight is 296 g/mol. The highest BCUT2D eigenvalue weighted by Gasteiger charge is 2.12. The van der Waals surface area contributed by atoms with Crippen LogP contribution in [0.2, 0.25) is 0 Å². The molecule has 0 amide bonds. The zero-order valence-corrected chi connectivity index (χ0v) is 12.2. The van der Waals surface area contributed by atoms with Crippen molar-refractivity contribution in [1.29, 1.82) is 0 Å². The van der Waals surface area contributed by atoms with Gasteiger partial charge in [-0.1, -0.05) is 6.92 Å². The van der Waals surface area contributed by atoms with Gasteiger partial charge in [-0.3, -0.25) is 0 Å². The van der Waals surface area contributed by atoms with Crippen LogP contribution in [0.1, 0.15) is 23.9 Å². The fraction of sp³-hybridized carbons (Fsp3) is 0.400. The second-order valence-electron chi connectivity index (χ2n) is 4.76. The van der Waals surface area contributed by atoms with Crippen LogP contribution in [-0.4, -0.2) is 17.6 Å². The highest BCUT2D eigenvalue weighted by Crippen LogP contribution is 2.14. The summed E-state index contributed by atoms with van der Waals surface area (Å²) < 4.78 is 26.5. The summed E-state index contributed by atoms with van der Waals surface area (Å²) in [5.41, 5.74) is 0.674. The Morgan fingerprint density at radius 2 is 1.95 bits per heavy atom. The Bertz CT molecular complexity index is 508. The molecule has 108 valence electrons. The van der Waals surface area contributed by atoms with Gasteiger partial charge in [-0.05, 0) is 37.1 Å². The zero-order valence-electron chi connectivity index (χ0n) is 11.4.